The summed E-state index contributed by atoms with van der Waals surface area (Å²) in [5, 5.41) is 0.784. The van der Waals surface area contributed by atoms with E-state index in [1.807, 2.05) is 6.07 Å². The average Bonchev–Trinajstić information content (AvgIpc) is 2.58. The van der Waals surface area contributed by atoms with E-state index in [1.54, 1.807) is 18.2 Å². The van der Waals surface area contributed by atoms with Crippen LogP contribution in [0.1, 0.15) is 5.56 Å². The maximum absolute atomic E-state index is 12.3. The Morgan fingerprint density at radius 1 is 1.19 bits per heavy atom. The Morgan fingerprint density at radius 3 is 2.56 bits per heavy atom. The van der Waals surface area contributed by atoms with Crippen LogP contribution in [-0.2, 0) is 13.1 Å². The molecule has 2 nitrogen and oxygen atoms in total. The molecule has 0 bridgehead atoms. The number of nitrogens with zero attached hydrogens (tertiary/aromatic N) is 1. The first-order valence-electron chi connectivity index (χ1n) is 4.84. The molecular weight excluding hydrogens is 217 g/mol. The third kappa shape index (κ3) is 2.19. The van der Waals surface area contributed by atoms with Crippen LogP contribution in [0, 0.1) is 0 Å². The van der Waals surface area contributed by atoms with Crippen molar-refractivity contribution in [3.05, 3.63) is 36.0 Å². The van der Waals surface area contributed by atoms with Gasteiger partial charge < -0.3 is 10.3 Å². The minimum absolute atomic E-state index is 0.389. The molecule has 2 N–H and O–H groups in total. The lowest BCUT2D eigenvalue weighted by atomic mass is 10.1. The van der Waals surface area contributed by atoms with Crippen LogP contribution in [0.4, 0.5) is 13.2 Å². The van der Waals surface area contributed by atoms with Crippen LogP contribution in [0.15, 0.2) is 30.5 Å². The summed E-state index contributed by atoms with van der Waals surface area (Å²) in [4.78, 5) is 0. The number of alkyl halides is 3. The van der Waals surface area contributed by atoms with Gasteiger partial charge in [0.15, 0.2) is 0 Å². The molecule has 0 saturated heterocycles. The third-order valence-electron chi connectivity index (χ3n) is 2.42. The Labute approximate surface area is 90.5 Å². The van der Waals surface area contributed by atoms with Crippen molar-refractivity contribution in [2.45, 2.75) is 19.3 Å². The van der Waals surface area contributed by atoms with Gasteiger partial charge in [-0.05, 0) is 29.1 Å². The molecule has 2 rings (SSSR count). The smallest absolute Gasteiger partial charge is 0.338 e. The fourth-order valence-electron chi connectivity index (χ4n) is 1.71. The molecule has 86 valence electrons. The standard InChI is InChI=1S/C11H11F3N2/c12-11(13,14)7-16-4-3-9-5-8(6-15)1-2-10(9)16/h1-5H,6-7,15H2. The van der Waals surface area contributed by atoms with Gasteiger partial charge in [0.2, 0.25) is 0 Å². The number of hydrogen-bond donors (Lipinski definition) is 1. The Bertz CT molecular complexity index is 499. The molecule has 0 aliphatic rings. The summed E-state index contributed by atoms with van der Waals surface area (Å²) in [5.74, 6) is 0. The monoisotopic (exact) mass is 228 g/mol. The van der Waals surface area contributed by atoms with Crippen molar-refractivity contribution in [3.8, 4) is 0 Å². The first-order chi connectivity index (χ1) is 7.49. The summed E-state index contributed by atoms with van der Waals surface area (Å²) in [5.41, 5.74) is 6.96. The lowest BCUT2D eigenvalue weighted by Gasteiger charge is -2.09. The molecule has 0 aliphatic heterocycles. The zero-order valence-corrected chi connectivity index (χ0v) is 8.46. The second kappa shape index (κ2) is 3.83. The van der Waals surface area contributed by atoms with Crippen molar-refractivity contribution in [1.82, 2.24) is 4.57 Å². The van der Waals surface area contributed by atoms with Crippen LogP contribution in [0.2, 0.25) is 0 Å². The number of aromatic nitrogens is 1. The number of fused-ring (bicyclic) bond motifs is 1. The minimum Gasteiger partial charge on any atom is -0.338 e. The zero-order chi connectivity index (χ0) is 11.8. The first kappa shape index (κ1) is 11.0. The van der Waals surface area contributed by atoms with Crippen LogP contribution in [0.25, 0.3) is 10.9 Å². The van der Waals surface area contributed by atoms with E-state index < -0.39 is 12.7 Å². The maximum atomic E-state index is 12.3. The van der Waals surface area contributed by atoms with Crippen LogP contribution >= 0.6 is 0 Å². The highest BCUT2D eigenvalue weighted by atomic mass is 19.4. The number of nitrogens with two attached hydrogens (primary N) is 1. The van der Waals surface area contributed by atoms with E-state index in [0.29, 0.717) is 12.1 Å². The third-order valence-corrected chi connectivity index (χ3v) is 2.42. The SMILES string of the molecule is NCc1ccc2c(ccn2CC(F)(F)F)c1. The largest absolute Gasteiger partial charge is 0.406 e. The van der Waals surface area contributed by atoms with Crippen LogP contribution < -0.4 is 5.73 Å². The van der Waals surface area contributed by atoms with Gasteiger partial charge in [-0.1, -0.05) is 6.07 Å². The number of rotatable bonds is 2. The number of benzene rings is 1. The highest BCUT2D eigenvalue weighted by Crippen LogP contribution is 2.23. The predicted octanol–water partition coefficient (Wildman–Crippen LogP) is 2.66. The van der Waals surface area contributed by atoms with Gasteiger partial charge in [-0.3, -0.25) is 0 Å². The molecule has 0 spiro atoms. The topological polar surface area (TPSA) is 30.9 Å². The molecule has 1 heterocycles. The lowest BCUT2D eigenvalue weighted by Crippen LogP contribution is -2.16. The molecule has 0 radical (unpaired) electrons. The average molecular weight is 228 g/mol. The van der Waals surface area contributed by atoms with Gasteiger partial charge in [0.1, 0.15) is 6.54 Å². The number of halogens is 3. The molecular formula is C11H11F3N2. The molecule has 5 heteroatoms. The summed E-state index contributed by atoms with van der Waals surface area (Å²) < 4.78 is 37.9. The van der Waals surface area contributed by atoms with Gasteiger partial charge in [-0.15, -0.1) is 0 Å². The van der Waals surface area contributed by atoms with Crippen molar-refractivity contribution in [1.29, 1.82) is 0 Å². The molecule has 0 amide bonds. The van der Waals surface area contributed by atoms with E-state index >= 15 is 0 Å². The molecule has 0 fully saturated rings. The van der Waals surface area contributed by atoms with Gasteiger partial charge in [0, 0.05) is 18.3 Å². The summed E-state index contributed by atoms with van der Waals surface area (Å²) in [6.07, 6.45) is -2.75. The second-order valence-electron chi connectivity index (χ2n) is 3.66. The highest BCUT2D eigenvalue weighted by molar-refractivity contribution is 5.80. The second-order valence-corrected chi connectivity index (χ2v) is 3.66. The van der Waals surface area contributed by atoms with E-state index in [1.165, 1.54) is 10.8 Å². The molecule has 1 aromatic carbocycles. The first-order valence-corrected chi connectivity index (χ1v) is 4.84. The molecule has 16 heavy (non-hydrogen) atoms. The fraction of sp³-hybridized carbons (Fsp3) is 0.273. The molecule has 0 atom stereocenters. The molecule has 0 unspecified atom stereocenters. The van der Waals surface area contributed by atoms with Gasteiger partial charge >= 0.3 is 6.18 Å². The molecule has 1 aromatic heterocycles. The number of hydrogen-bond acceptors (Lipinski definition) is 1. The van der Waals surface area contributed by atoms with Gasteiger partial charge in [0.05, 0.1) is 0 Å². The molecule has 0 saturated carbocycles. The summed E-state index contributed by atoms with van der Waals surface area (Å²) in [7, 11) is 0. The van der Waals surface area contributed by atoms with Gasteiger partial charge in [0.25, 0.3) is 0 Å². The van der Waals surface area contributed by atoms with Crippen molar-refractivity contribution in [3.63, 3.8) is 0 Å². The van der Waals surface area contributed by atoms with E-state index in [0.717, 1.165) is 10.9 Å². The van der Waals surface area contributed by atoms with Crippen LogP contribution in [-0.4, -0.2) is 10.7 Å². The van der Waals surface area contributed by atoms with Crippen molar-refractivity contribution < 1.29 is 13.2 Å². The van der Waals surface area contributed by atoms with E-state index in [2.05, 4.69) is 0 Å². The van der Waals surface area contributed by atoms with Crippen molar-refractivity contribution in [2.24, 2.45) is 5.73 Å². The van der Waals surface area contributed by atoms with E-state index in [-0.39, 0.29) is 0 Å². The summed E-state index contributed by atoms with van der Waals surface area (Å²) in [6, 6.07) is 6.89. The van der Waals surface area contributed by atoms with Crippen LogP contribution in [0.5, 0.6) is 0 Å². The maximum Gasteiger partial charge on any atom is 0.406 e. The Balaban J connectivity index is 2.42. The summed E-state index contributed by atoms with van der Waals surface area (Å²) in [6.45, 7) is -0.571. The quantitative estimate of drug-likeness (QED) is 0.841. The predicted molar refractivity (Wildman–Crippen MR) is 55.9 cm³/mol. The van der Waals surface area contributed by atoms with Crippen molar-refractivity contribution >= 4 is 10.9 Å². The highest BCUT2D eigenvalue weighted by Gasteiger charge is 2.28. The molecule has 2 aromatic rings. The normalized spacial score (nSPS) is 12.2. The van der Waals surface area contributed by atoms with E-state index in [9.17, 15) is 13.2 Å². The Hall–Kier alpha value is -1.49. The Morgan fingerprint density at radius 2 is 1.94 bits per heavy atom. The fourth-order valence-corrected chi connectivity index (χ4v) is 1.71. The van der Waals surface area contributed by atoms with Crippen molar-refractivity contribution in [2.75, 3.05) is 0 Å². The van der Waals surface area contributed by atoms with E-state index in [4.69, 9.17) is 5.73 Å². The minimum atomic E-state index is -4.20. The molecule has 0 aliphatic carbocycles. The lowest BCUT2D eigenvalue weighted by molar-refractivity contribution is -0.139. The van der Waals surface area contributed by atoms with Crippen LogP contribution in [0.3, 0.4) is 0 Å². The summed E-state index contributed by atoms with van der Waals surface area (Å²) >= 11 is 0. The van der Waals surface area contributed by atoms with Gasteiger partial charge in [-0.25, -0.2) is 0 Å². The Kier molecular flexibility index (Phi) is 2.63. The van der Waals surface area contributed by atoms with Gasteiger partial charge in [-0.2, -0.15) is 13.2 Å². The zero-order valence-electron chi connectivity index (χ0n) is 8.46.